The van der Waals surface area contributed by atoms with Crippen LogP contribution in [0.3, 0.4) is 0 Å². The summed E-state index contributed by atoms with van der Waals surface area (Å²) < 4.78 is 0. The summed E-state index contributed by atoms with van der Waals surface area (Å²) in [6.07, 6.45) is 5.21. The van der Waals surface area contributed by atoms with Gasteiger partial charge in [-0.25, -0.2) is 9.97 Å². The fraction of sp³-hybridized carbons (Fsp3) is 0.733. The number of rotatable bonds is 7. The van der Waals surface area contributed by atoms with Gasteiger partial charge in [0, 0.05) is 38.1 Å². The molecule has 1 aromatic heterocycles. The van der Waals surface area contributed by atoms with Crippen molar-refractivity contribution in [3.63, 3.8) is 0 Å². The Labute approximate surface area is 116 Å². The molecule has 0 aromatic carbocycles. The van der Waals surface area contributed by atoms with Crippen LogP contribution in [0.5, 0.6) is 0 Å². The number of aromatic nitrogens is 2. The van der Waals surface area contributed by atoms with Crippen LogP contribution in [0.4, 0.5) is 5.95 Å². The number of hydrogen-bond donors (Lipinski definition) is 1. The van der Waals surface area contributed by atoms with Gasteiger partial charge >= 0.3 is 0 Å². The summed E-state index contributed by atoms with van der Waals surface area (Å²) in [5.74, 6) is 3.22. The normalized spacial score (nSPS) is 21.7. The molecule has 4 nitrogen and oxygen atoms in total. The molecule has 0 aliphatic heterocycles. The van der Waals surface area contributed by atoms with E-state index < -0.39 is 0 Å². The van der Waals surface area contributed by atoms with Gasteiger partial charge in [0.2, 0.25) is 5.95 Å². The summed E-state index contributed by atoms with van der Waals surface area (Å²) in [7, 11) is 2.08. The number of nitrogens with one attached hydrogen (secondary N) is 1. The van der Waals surface area contributed by atoms with Crippen LogP contribution in [0.15, 0.2) is 12.4 Å². The number of hydrogen-bond acceptors (Lipinski definition) is 4. The Morgan fingerprint density at radius 1 is 1.37 bits per heavy atom. The van der Waals surface area contributed by atoms with Crippen molar-refractivity contribution in [2.75, 3.05) is 25.0 Å². The van der Waals surface area contributed by atoms with E-state index in [0.29, 0.717) is 5.92 Å². The van der Waals surface area contributed by atoms with E-state index in [2.05, 4.69) is 48.0 Å². The molecule has 106 valence electrons. The van der Waals surface area contributed by atoms with E-state index in [0.717, 1.165) is 43.0 Å². The molecule has 0 amide bonds. The largest absolute Gasteiger partial charge is 0.344 e. The maximum absolute atomic E-state index is 4.46. The topological polar surface area (TPSA) is 41.1 Å². The summed E-state index contributed by atoms with van der Waals surface area (Å²) in [6.45, 7) is 9.68. The third-order valence-electron chi connectivity index (χ3n) is 3.70. The van der Waals surface area contributed by atoms with Gasteiger partial charge in [-0.15, -0.1) is 0 Å². The van der Waals surface area contributed by atoms with Crippen molar-refractivity contribution in [1.82, 2.24) is 15.3 Å². The van der Waals surface area contributed by atoms with Crippen molar-refractivity contribution in [1.29, 1.82) is 0 Å². The van der Waals surface area contributed by atoms with E-state index in [1.807, 2.05) is 12.4 Å². The zero-order chi connectivity index (χ0) is 13.8. The van der Waals surface area contributed by atoms with Crippen LogP contribution >= 0.6 is 0 Å². The minimum atomic E-state index is 0.673. The highest BCUT2D eigenvalue weighted by molar-refractivity contribution is 5.29. The van der Waals surface area contributed by atoms with Crippen molar-refractivity contribution in [2.45, 2.75) is 33.7 Å². The lowest BCUT2D eigenvalue weighted by molar-refractivity contribution is 0.551. The Morgan fingerprint density at radius 2 is 2.00 bits per heavy atom. The first kappa shape index (κ1) is 14.3. The Balaban J connectivity index is 1.80. The summed E-state index contributed by atoms with van der Waals surface area (Å²) in [6, 6.07) is 0. The van der Waals surface area contributed by atoms with Crippen LogP contribution in [0, 0.1) is 17.8 Å². The molecule has 19 heavy (non-hydrogen) atoms. The van der Waals surface area contributed by atoms with Crippen molar-refractivity contribution in [3.05, 3.63) is 18.0 Å². The molecule has 1 N–H and O–H groups in total. The second-order valence-corrected chi connectivity index (χ2v) is 6.27. The maximum Gasteiger partial charge on any atom is 0.225 e. The molecule has 2 rings (SSSR count). The van der Waals surface area contributed by atoms with E-state index in [1.54, 1.807) is 0 Å². The van der Waals surface area contributed by atoms with Gasteiger partial charge in [0.05, 0.1) is 0 Å². The number of anilines is 1. The SMILES string of the molecule is CC(C)CNCc1cnc(N(C)CC2CC2C)nc1. The summed E-state index contributed by atoms with van der Waals surface area (Å²) in [4.78, 5) is 11.1. The third-order valence-corrected chi connectivity index (χ3v) is 3.70. The zero-order valence-corrected chi connectivity index (χ0v) is 12.6. The van der Waals surface area contributed by atoms with E-state index in [4.69, 9.17) is 0 Å². The first-order valence-electron chi connectivity index (χ1n) is 7.29. The summed E-state index contributed by atoms with van der Waals surface area (Å²) >= 11 is 0. The van der Waals surface area contributed by atoms with Crippen LogP contribution in [-0.2, 0) is 6.54 Å². The lowest BCUT2D eigenvalue weighted by atomic mass is 10.2. The predicted octanol–water partition coefficient (Wildman–Crippen LogP) is 2.31. The van der Waals surface area contributed by atoms with Gasteiger partial charge in [-0.1, -0.05) is 20.8 Å². The average molecular weight is 262 g/mol. The van der Waals surface area contributed by atoms with E-state index in [1.165, 1.54) is 6.42 Å². The van der Waals surface area contributed by atoms with Crippen molar-refractivity contribution < 1.29 is 0 Å². The van der Waals surface area contributed by atoms with Crippen molar-refractivity contribution in [3.8, 4) is 0 Å². The van der Waals surface area contributed by atoms with Crippen LogP contribution in [0.1, 0.15) is 32.8 Å². The first-order chi connectivity index (χ1) is 9.06. The van der Waals surface area contributed by atoms with Gasteiger partial charge in [0.15, 0.2) is 0 Å². The Morgan fingerprint density at radius 3 is 2.53 bits per heavy atom. The molecule has 0 bridgehead atoms. The molecule has 1 heterocycles. The highest BCUT2D eigenvalue weighted by atomic mass is 15.2. The van der Waals surface area contributed by atoms with Crippen LogP contribution < -0.4 is 10.2 Å². The van der Waals surface area contributed by atoms with Crippen molar-refractivity contribution >= 4 is 5.95 Å². The molecule has 2 unspecified atom stereocenters. The summed E-state index contributed by atoms with van der Waals surface area (Å²) in [5, 5.41) is 3.40. The molecule has 1 saturated carbocycles. The molecular weight excluding hydrogens is 236 g/mol. The lowest BCUT2D eigenvalue weighted by Crippen LogP contribution is -2.23. The predicted molar refractivity (Wildman–Crippen MR) is 79.1 cm³/mol. The van der Waals surface area contributed by atoms with Gasteiger partial charge < -0.3 is 10.2 Å². The molecule has 1 aromatic rings. The molecule has 1 aliphatic rings. The standard InChI is InChI=1S/C15H26N4/c1-11(2)6-16-7-13-8-17-15(18-9-13)19(4)10-14-5-12(14)3/h8-9,11-12,14,16H,5-7,10H2,1-4H3. The fourth-order valence-corrected chi connectivity index (χ4v) is 2.23. The highest BCUT2D eigenvalue weighted by Crippen LogP contribution is 2.38. The molecule has 0 saturated heterocycles. The summed E-state index contributed by atoms with van der Waals surface area (Å²) in [5.41, 5.74) is 1.15. The smallest absolute Gasteiger partial charge is 0.225 e. The Hall–Kier alpha value is -1.16. The number of nitrogens with zero attached hydrogens (tertiary/aromatic N) is 3. The van der Waals surface area contributed by atoms with Gasteiger partial charge in [-0.2, -0.15) is 0 Å². The molecule has 1 aliphatic carbocycles. The minimum absolute atomic E-state index is 0.673. The third kappa shape index (κ3) is 4.46. The fourth-order valence-electron chi connectivity index (χ4n) is 2.23. The van der Waals surface area contributed by atoms with E-state index in [9.17, 15) is 0 Å². The monoisotopic (exact) mass is 262 g/mol. The van der Waals surface area contributed by atoms with Crippen molar-refractivity contribution in [2.24, 2.45) is 17.8 Å². The molecule has 1 fully saturated rings. The van der Waals surface area contributed by atoms with Crippen LogP contribution in [-0.4, -0.2) is 30.1 Å². The molecule has 0 spiro atoms. The second kappa shape index (κ2) is 6.33. The quantitative estimate of drug-likeness (QED) is 0.819. The average Bonchev–Trinajstić information content (AvgIpc) is 3.05. The van der Waals surface area contributed by atoms with Crippen LogP contribution in [0.2, 0.25) is 0 Å². The highest BCUT2D eigenvalue weighted by Gasteiger charge is 2.33. The molecule has 4 heteroatoms. The minimum Gasteiger partial charge on any atom is -0.344 e. The van der Waals surface area contributed by atoms with Gasteiger partial charge in [-0.05, 0) is 30.7 Å². The maximum atomic E-state index is 4.46. The van der Waals surface area contributed by atoms with Crippen LogP contribution in [0.25, 0.3) is 0 Å². The van der Waals surface area contributed by atoms with E-state index >= 15 is 0 Å². The lowest BCUT2D eigenvalue weighted by Gasteiger charge is -2.16. The Kier molecular flexibility index (Phi) is 4.75. The van der Waals surface area contributed by atoms with Gasteiger partial charge in [0.25, 0.3) is 0 Å². The first-order valence-corrected chi connectivity index (χ1v) is 7.29. The van der Waals surface area contributed by atoms with Gasteiger partial charge in [-0.3, -0.25) is 0 Å². The molecule has 2 atom stereocenters. The zero-order valence-electron chi connectivity index (χ0n) is 12.6. The molecule has 0 radical (unpaired) electrons. The Bertz CT molecular complexity index is 388. The van der Waals surface area contributed by atoms with E-state index in [-0.39, 0.29) is 0 Å². The van der Waals surface area contributed by atoms with Gasteiger partial charge in [0.1, 0.15) is 0 Å². The molecular formula is C15H26N4. The second-order valence-electron chi connectivity index (χ2n) is 6.27.